The number of hydrogen-bond donors (Lipinski definition) is 3. The highest BCUT2D eigenvalue weighted by atomic mass is 35.5. The summed E-state index contributed by atoms with van der Waals surface area (Å²) in [7, 11) is -3.80. The van der Waals surface area contributed by atoms with Crippen LogP contribution in [0.2, 0.25) is 5.02 Å². The van der Waals surface area contributed by atoms with Gasteiger partial charge in [-0.1, -0.05) is 11.6 Å². The SMILES string of the molecule is N#Cc1ccc(NS(=O)(=O)c2ccc(NN)nc2)cc1Cl. The number of hydrazine groups is 1. The lowest BCUT2D eigenvalue weighted by molar-refractivity contribution is 0.601. The molecular formula is C12H10ClN5O2S. The first-order chi connectivity index (χ1) is 9.96. The van der Waals surface area contributed by atoms with E-state index < -0.39 is 10.0 Å². The topological polar surface area (TPSA) is 121 Å². The van der Waals surface area contributed by atoms with Crippen LogP contribution in [0, 0.1) is 11.3 Å². The van der Waals surface area contributed by atoms with E-state index >= 15 is 0 Å². The van der Waals surface area contributed by atoms with Crippen LogP contribution in [0.5, 0.6) is 0 Å². The van der Waals surface area contributed by atoms with E-state index in [1.807, 2.05) is 6.07 Å². The van der Waals surface area contributed by atoms with Gasteiger partial charge in [0.25, 0.3) is 10.0 Å². The second-order valence-corrected chi connectivity index (χ2v) is 6.03. The molecule has 2 aromatic rings. The number of halogens is 1. The van der Waals surface area contributed by atoms with Gasteiger partial charge in [0.2, 0.25) is 0 Å². The third-order valence-corrected chi connectivity index (χ3v) is 4.22. The smallest absolute Gasteiger partial charge is 0.263 e. The lowest BCUT2D eigenvalue weighted by Gasteiger charge is -2.09. The largest absolute Gasteiger partial charge is 0.308 e. The molecule has 0 saturated heterocycles. The van der Waals surface area contributed by atoms with Crippen molar-refractivity contribution in [1.29, 1.82) is 5.26 Å². The van der Waals surface area contributed by atoms with Crippen LogP contribution in [-0.4, -0.2) is 13.4 Å². The molecule has 1 aromatic heterocycles. The zero-order chi connectivity index (χ0) is 15.5. The fraction of sp³-hybridized carbons (Fsp3) is 0. The van der Waals surface area contributed by atoms with Gasteiger partial charge in [-0.05, 0) is 30.3 Å². The summed E-state index contributed by atoms with van der Waals surface area (Å²) in [6.45, 7) is 0. The number of sulfonamides is 1. The zero-order valence-electron chi connectivity index (χ0n) is 10.5. The molecule has 2 rings (SSSR count). The molecule has 0 aliphatic heterocycles. The van der Waals surface area contributed by atoms with Crippen LogP contribution in [-0.2, 0) is 10.0 Å². The van der Waals surface area contributed by atoms with Crippen molar-refractivity contribution in [2.24, 2.45) is 5.84 Å². The molecule has 0 aliphatic carbocycles. The molecule has 9 heteroatoms. The minimum absolute atomic E-state index is 0.0259. The number of aromatic nitrogens is 1. The highest BCUT2D eigenvalue weighted by Gasteiger charge is 2.15. The number of nitrogens with two attached hydrogens (primary N) is 1. The second-order valence-electron chi connectivity index (χ2n) is 3.94. The third kappa shape index (κ3) is 3.41. The summed E-state index contributed by atoms with van der Waals surface area (Å²) in [6.07, 6.45) is 1.17. The van der Waals surface area contributed by atoms with Crippen LogP contribution < -0.4 is 16.0 Å². The Hall–Kier alpha value is -2.34. The molecule has 4 N–H and O–H groups in total. The normalized spacial score (nSPS) is 10.7. The lowest BCUT2D eigenvalue weighted by Crippen LogP contribution is -2.14. The fourth-order valence-corrected chi connectivity index (χ4v) is 2.72. The Labute approximate surface area is 126 Å². The average molecular weight is 324 g/mol. The summed E-state index contributed by atoms with van der Waals surface area (Å²) < 4.78 is 26.7. The molecule has 0 aliphatic rings. The van der Waals surface area contributed by atoms with Crippen LogP contribution in [0.4, 0.5) is 11.5 Å². The quantitative estimate of drug-likeness (QED) is 0.581. The maximum absolute atomic E-state index is 12.2. The second kappa shape index (κ2) is 5.97. The Morgan fingerprint density at radius 3 is 2.57 bits per heavy atom. The van der Waals surface area contributed by atoms with Crippen molar-refractivity contribution in [2.75, 3.05) is 10.1 Å². The molecule has 21 heavy (non-hydrogen) atoms. The summed E-state index contributed by atoms with van der Waals surface area (Å²) in [5, 5.41) is 8.94. The fourth-order valence-electron chi connectivity index (χ4n) is 1.51. The Kier molecular flexibility index (Phi) is 4.28. The third-order valence-electron chi connectivity index (χ3n) is 2.54. The van der Waals surface area contributed by atoms with Crippen molar-refractivity contribution in [2.45, 2.75) is 4.90 Å². The Morgan fingerprint density at radius 1 is 1.29 bits per heavy atom. The van der Waals surface area contributed by atoms with Crippen LogP contribution in [0.3, 0.4) is 0 Å². The molecule has 0 radical (unpaired) electrons. The average Bonchev–Trinajstić information content (AvgIpc) is 2.47. The first-order valence-electron chi connectivity index (χ1n) is 5.61. The van der Waals surface area contributed by atoms with E-state index in [-0.39, 0.29) is 21.2 Å². The van der Waals surface area contributed by atoms with Gasteiger partial charge < -0.3 is 5.43 Å². The number of rotatable bonds is 4. The lowest BCUT2D eigenvalue weighted by atomic mass is 10.2. The van der Waals surface area contributed by atoms with Gasteiger partial charge in [0.05, 0.1) is 16.3 Å². The Morgan fingerprint density at radius 2 is 2.05 bits per heavy atom. The van der Waals surface area contributed by atoms with Gasteiger partial charge >= 0.3 is 0 Å². The van der Waals surface area contributed by atoms with Gasteiger partial charge in [-0.25, -0.2) is 19.2 Å². The summed E-state index contributed by atoms with van der Waals surface area (Å²) in [5.41, 5.74) is 2.81. The van der Waals surface area contributed by atoms with Crippen LogP contribution >= 0.6 is 11.6 Å². The summed E-state index contributed by atoms with van der Waals surface area (Å²) in [4.78, 5) is 3.80. The minimum atomic E-state index is -3.80. The van der Waals surface area contributed by atoms with Gasteiger partial charge in [0, 0.05) is 6.20 Å². The van der Waals surface area contributed by atoms with Crippen molar-refractivity contribution in [3.63, 3.8) is 0 Å². The van der Waals surface area contributed by atoms with E-state index in [4.69, 9.17) is 22.7 Å². The molecule has 0 bridgehead atoms. The molecule has 0 saturated carbocycles. The van der Waals surface area contributed by atoms with Gasteiger partial charge in [-0.2, -0.15) is 5.26 Å². The van der Waals surface area contributed by atoms with E-state index in [0.717, 1.165) is 0 Å². The molecule has 7 nitrogen and oxygen atoms in total. The summed E-state index contributed by atoms with van der Waals surface area (Å²) in [5.74, 6) is 5.50. The van der Waals surface area contributed by atoms with Crippen LogP contribution in [0.25, 0.3) is 0 Å². The number of pyridine rings is 1. The van der Waals surface area contributed by atoms with Crippen molar-refractivity contribution in [3.8, 4) is 6.07 Å². The Bertz CT molecular complexity index is 799. The maximum atomic E-state index is 12.2. The molecule has 0 amide bonds. The molecule has 0 atom stereocenters. The van der Waals surface area contributed by atoms with E-state index in [9.17, 15) is 8.42 Å². The van der Waals surface area contributed by atoms with Crippen molar-refractivity contribution in [1.82, 2.24) is 4.98 Å². The molecule has 0 fully saturated rings. The number of hydrogen-bond acceptors (Lipinski definition) is 6. The number of anilines is 2. The van der Waals surface area contributed by atoms with Gasteiger partial charge in [-0.3, -0.25) is 4.72 Å². The molecular weight excluding hydrogens is 314 g/mol. The summed E-state index contributed by atoms with van der Waals surface area (Å²) >= 11 is 5.85. The highest BCUT2D eigenvalue weighted by Crippen LogP contribution is 2.22. The zero-order valence-corrected chi connectivity index (χ0v) is 12.1. The van der Waals surface area contributed by atoms with Gasteiger partial charge in [-0.15, -0.1) is 0 Å². The van der Waals surface area contributed by atoms with Crippen molar-refractivity contribution >= 4 is 33.1 Å². The van der Waals surface area contributed by atoms with Gasteiger partial charge in [0.1, 0.15) is 16.8 Å². The number of nitrogens with one attached hydrogen (secondary N) is 2. The molecule has 1 aromatic carbocycles. The Balaban J connectivity index is 2.28. The molecule has 1 heterocycles. The first-order valence-corrected chi connectivity index (χ1v) is 7.47. The molecule has 108 valence electrons. The predicted molar refractivity (Wildman–Crippen MR) is 79.0 cm³/mol. The first kappa shape index (κ1) is 15.1. The molecule has 0 spiro atoms. The van der Waals surface area contributed by atoms with Crippen LogP contribution in [0.15, 0.2) is 41.4 Å². The van der Waals surface area contributed by atoms with Crippen molar-refractivity contribution < 1.29 is 8.42 Å². The van der Waals surface area contributed by atoms with Crippen LogP contribution in [0.1, 0.15) is 5.56 Å². The van der Waals surface area contributed by atoms with E-state index in [2.05, 4.69) is 15.1 Å². The van der Waals surface area contributed by atoms with Gasteiger partial charge in [0.15, 0.2) is 0 Å². The number of nitrogens with zero attached hydrogens (tertiary/aromatic N) is 2. The summed E-state index contributed by atoms with van der Waals surface area (Å²) in [6, 6.07) is 8.92. The number of nitrogen functional groups attached to an aromatic ring is 1. The monoisotopic (exact) mass is 323 g/mol. The number of nitriles is 1. The van der Waals surface area contributed by atoms with Crippen molar-refractivity contribution in [3.05, 3.63) is 47.1 Å². The maximum Gasteiger partial charge on any atom is 0.263 e. The van der Waals surface area contributed by atoms with E-state index in [1.165, 1.54) is 36.5 Å². The highest BCUT2D eigenvalue weighted by molar-refractivity contribution is 7.92. The molecule has 0 unspecified atom stereocenters. The minimum Gasteiger partial charge on any atom is -0.308 e. The standard InChI is InChI=1S/C12H10ClN5O2S/c13-11-5-9(2-1-8(11)6-14)18-21(19,20)10-3-4-12(17-15)16-7-10/h1-5,7,18H,15H2,(H,16,17). The number of benzene rings is 1. The van der Waals surface area contributed by atoms with E-state index in [1.54, 1.807) is 0 Å². The predicted octanol–water partition coefficient (Wildman–Crippen LogP) is 1.69. The van der Waals surface area contributed by atoms with E-state index in [0.29, 0.717) is 5.82 Å².